The van der Waals surface area contributed by atoms with E-state index in [1.807, 2.05) is 6.92 Å². The van der Waals surface area contributed by atoms with Gasteiger partial charge in [0, 0.05) is 13.1 Å². The quantitative estimate of drug-likeness (QED) is 0.726. The molecule has 0 bridgehead atoms. The summed E-state index contributed by atoms with van der Waals surface area (Å²) in [6.45, 7) is 7.89. The van der Waals surface area contributed by atoms with E-state index in [2.05, 4.69) is 17.6 Å². The molecule has 1 aliphatic rings. The van der Waals surface area contributed by atoms with Crippen LogP contribution in [0.3, 0.4) is 0 Å². The molecule has 1 saturated heterocycles. The van der Waals surface area contributed by atoms with Crippen LogP contribution >= 0.6 is 0 Å². The molecule has 0 radical (unpaired) electrons. The molecule has 0 aromatic rings. The topological polar surface area (TPSA) is 61.4 Å². The number of nitrogens with one attached hydrogen (secondary N) is 2. The molecule has 0 aliphatic carbocycles. The predicted octanol–water partition coefficient (Wildman–Crippen LogP) is 0.502. The van der Waals surface area contributed by atoms with Gasteiger partial charge in [-0.1, -0.05) is 6.92 Å². The van der Waals surface area contributed by atoms with Crippen molar-refractivity contribution >= 4 is 11.8 Å². The Kier molecular flexibility index (Phi) is 6.12. The van der Waals surface area contributed by atoms with Gasteiger partial charge >= 0.3 is 0 Å². The van der Waals surface area contributed by atoms with Gasteiger partial charge in [0.2, 0.25) is 11.8 Å². The highest BCUT2D eigenvalue weighted by Gasteiger charge is 2.33. The number of piperidine rings is 1. The Morgan fingerprint density at radius 3 is 2.83 bits per heavy atom. The first-order valence-electron chi connectivity index (χ1n) is 6.93. The molecule has 0 aromatic heterocycles. The fraction of sp³-hybridized carbons (Fsp3) is 0.846. The van der Waals surface area contributed by atoms with Crippen LogP contribution in [0.5, 0.6) is 0 Å². The van der Waals surface area contributed by atoms with E-state index in [9.17, 15) is 9.59 Å². The van der Waals surface area contributed by atoms with E-state index in [1.54, 1.807) is 11.8 Å². The van der Waals surface area contributed by atoms with Crippen LogP contribution in [0.15, 0.2) is 0 Å². The minimum atomic E-state index is -0.372. The van der Waals surface area contributed by atoms with Gasteiger partial charge in [-0.25, -0.2) is 0 Å². The molecule has 0 saturated carbocycles. The minimum absolute atomic E-state index is 0.0634. The maximum Gasteiger partial charge on any atom is 0.242 e. The van der Waals surface area contributed by atoms with Crippen molar-refractivity contribution in [3.63, 3.8) is 0 Å². The molecule has 104 valence electrons. The Morgan fingerprint density at radius 1 is 1.50 bits per heavy atom. The zero-order valence-corrected chi connectivity index (χ0v) is 11.7. The lowest BCUT2D eigenvalue weighted by atomic mass is 10.0. The average molecular weight is 255 g/mol. The van der Waals surface area contributed by atoms with Crippen molar-refractivity contribution < 1.29 is 9.59 Å². The first-order chi connectivity index (χ1) is 8.61. The number of hydrogen-bond donors (Lipinski definition) is 2. The molecule has 5 nitrogen and oxygen atoms in total. The van der Waals surface area contributed by atoms with Crippen LogP contribution in [0, 0.1) is 0 Å². The van der Waals surface area contributed by atoms with Crippen LogP contribution in [-0.2, 0) is 9.59 Å². The molecule has 18 heavy (non-hydrogen) atoms. The number of rotatable bonds is 6. The van der Waals surface area contributed by atoms with Crippen molar-refractivity contribution in [2.75, 3.05) is 19.6 Å². The molecule has 2 unspecified atom stereocenters. The zero-order valence-electron chi connectivity index (χ0n) is 11.7. The molecule has 0 aromatic carbocycles. The monoisotopic (exact) mass is 255 g/mol. The summed E-state index contributed by atoms with van der Waals surface area (Å²) in [6, 6.07) is -0.487. The van der Waals surface area contributed by atoms with E-state index in [1.165, 1.54) is 0 Å². The molecular weight excluding hydrogens is 230 g/mol. The van der Waals surface area contributed by atoms with Gasteiger partial charge < -0.3 is 15.5 Å². The van der Waals surface area contributed by atoms with Gasteiger partial charge in [-0.05, 0) is 39.7 Å². The third-order valence-corrected chi connectivity index (χ3v) is 3.31. The average Bonchev–Trinajstić information content (AvgIpc) is 2.37. The van der Waals surface area contributed by atoms with E-state index in [0.717, 1.165) is 25.8 Å². The Morgan fingerprint density at radius 2 is 2.22 bits per heavy atom. The zero-order chi connectivity index (χ0) is 13.5. The third-order valence-electron chi connectivity index (χ3n) is 3.31. The number of carbonyl (C=O) groups excluding carboxylic acids is 2. The number of nitrogens with zero attached hydrogens (tertiary/aromatic N) is 1. The fourth-order valence-electron chi connectivity index (χ4n) is 2.26. The van der Waals surface area contributed by atoms with E-state index in [0.29, 0.717) is 13.1 Å². The van der Waals surface area contributed by atoms with E-state index in [-0.39, 0.29) is 23.9 Å². The van der Waals surface area contributed by atoms with Crippen molar-refractivity contribution in [3.05, 3.63) is 0 Å². The van der Waals surface area contributed by atoms with Crippen molar-refractivity contribution in [2.24, 2.45) is 0 Å². The van der Waals surface area contributed by atoms with Gasteiger partial charge in [-0.3, -0.25) is 9.59 Å². The standard InChI is InChI=1S/C13H25N3O2/c1-4-8-15-11-7-6-9-16(13(11)18)10(3)12(17)14-5-2/h10-11,15H,4-9H2,1-3H3,(H,14,17). The molecule has 1 heterocycles. The number of carbonyl (C=O) groups is 2. The lowest BCUT2D eigenvalue weighted by Gasteiger charge is -2.36. The second kappa shape index (κ2) is 7.36. The summed E-state index contributed by atoms with van der Waals surface area (Å²) in [7, 11) is 0. The molecule has 1 rings (SSSR count). The Hall–Kier alpha value is -1.10. The van der Waals surface area contributed by atoms with Gasteiger partial charge in [0.25, 0.3) is 0 Å². The first-order valence-corrected chi connectivity index (χ1v) is 6.93. The lowest BCUT2D eigenvalue weighted by molar-refractivity contribution is -0.143. The highest BCUT2D eigenvalue weighted by molar-refractivity contribution is 5.90. The smallest absolute Gasteiger partial charge is 0.242 e. The van der Waals surface area contributed by atoms with Crippen LogP contribution < -0.4 is 10.6 Å². The maximum absolute atomic E-state index is 12.3. The summed E-state index contributed by atoms with van der Waals surface area (Å²) in [6.07, 6.45) is 2.84. The van der Waals surface area contributed by atoms with Crippen LogP contribution in [0.4, 0.5) is 0 Å². The van der Waals surface area contributed by atoms with E-state index in [4.69, 9.17) is 0 Å². The van der Waals surface area contributed by atoms with Crippen LogP contribution in [0.1, 0.15) is 40.0 Å². The van der Waals surface area contributed by atoms with Crippen molar-refractivity contribution in [2.45, 2.75) is 52.1 Å². The van der Waals surface area contributed by atoms with Gasteiger partial charge in [0.1, 0.15) is 6.04 Å². The lowest BCUT2D eigenvalue weighted by Crippen LogP contribution is -2.57. The maximum atomic E-state index is 12.3. The van der Waals surface area contributed by atoms with Crippen LogP contribution in [-0.4, -0.2) is 48.4 Å². The van der Waals surface area contributed by atoms with Gasteiger partial charge in [0.05, 0.1) is 6.04 Å². The predicted molar refractivity (Wildman–Crippen MR) is 71.2 cm³/mol. The molecular formula is C13H25N3O2. The van der Waals surface area contributed by atoms with E-state index >= 15 is 0 Å². The SMILES string of the molecule is CCCNC1CCCN(C(C)C(=O)NCC)C1=O. The summed E-state index contributed by atoms with van der Waals surface area (Å²) < 4.78 is 0. The van der Waals surface area contributed by atoms with Crippen LogP contribution in [0.25, 0.3) is 0 Å². The number of amides is 2. The van der Waals surface area contributed by atoms with Gasteiger partial charge in [0.15, 0.2) is 0 Å². The summed E-state index contributed by atoms with van der Waals surface area (Å²) in [4.78, 5) is 25.7. The van der Waals surface area contributed by atoms with Crippen molar-refractivity contribution in [1.82, 2.24) is 15.5 Å². The molecule has 2 N–H and O–H groups in total. The van der Waals surface area contributed by atoms with E-state index < -0.39 is 0 Å². The summed E-state index contributed by atoms with van der Waals surface area (Å²) >= 11 is 0. The number of likely N-dealkylation sites (N-methyl/N-ethyl adjacent to an activating group) is 1. The normalized spacial score (nSPS) is 21.8. The molecule has 1 aliphatic heterocycles. The molecule has 2 atom stereocenters. The van der Waals surface area contributed by atoms with Gasteiger partial charge in [-0.2, -0.15) is 0 Å². The highest BCUT2D eigenvalue weighted by Crippen LogP contribution is 2.15. The molecule has 0 spiro atoms. The summed E-state index contributed by atoms with van der Waals surface area (Å²) in [5, 5.41) is 6.02. The summed E-state index contributed by atoms with van der Waals surface area (Å²) in [5.74, 6) is -0.00422. The Balaban J connectivity index is 2.59. The molecule has 5 heteroatoms. The largest absolute Gasteiger partial charge is 0.355 e. The second-order valence-corrected chi connectivity index (χ2v) is 4.75. The fourth-order valence-corrected chi connectivity index (χ4v) is 2.26. The third kappa shape index (κ3) is 3.70. The number of likely N-dealkylation sites (tertiary alicyclic amines) is 1. The molecule has 2 amide bonds. The van der Waals surface area contributed by atoms with Crippen LogP contribution in [0.2, 0.25) is 0 Å². The van der Waals surface area contributed by atoms with Crippen molar-refractivity contribution in [1.29, 1.82) is 0 Å². The first kappa shape index (κ1) is 15.0. The summed E-state index contributed by atoms with van der Waals surface area (Å²) in [5.41, 5.74) is 0. The second-order valence-electron chi connectivity index (χ2n) is 4.75. The Bertz CT molecular complexity index is 294. The van der Waals surface area contributed by atoms with Gasteiger partial charge in [-0.15, -0.1) is 0 Å². The Labute approximate surface area is 109 Å². The molecule has 1 fully saturated rings. The van der Waals surface area contributed by atoms with Crippen molar-refractivity contribution in [3.8, 4) is 0 Å². The minimum Gasteiger partial charge on any atom is -0.355 e. The highest BCUT2D eigenvalue weighted by atomic mass is 16.2. The number of hydrogen-bond acceptors (Lipinski definition) is 3.